The average molecular weight is 272 g/mol. The van der Waals surface area contributed by atoms with Gasteiger partial charge in [0.2, 0.25) is 0 Å². The summed E-state index contributed by atoms with van der Waals surface area (Å²) in [6, 6.07) is -0.172. The molecule has 7 nitrogen and oxygen atoms in total. The van der Waals surface area contributed by atoms with E-state index in [9.17, 15) is 9.59 Å². The zero-order chi connectivity index (χ0) is 13.7. The van der Waals surface area contributed by atoms with Gasteiger partial charge in [0.05, 0.1) is 25.2 Å². The zero-order valence-corrected chi connectivity index (χ0v) is 10.8. The van der Waals surface area contributed by atoms with Gasteiger partial charge >= 0.3 is 12.0 Å². The number of morpholine rings is 1. The van der Waals surface area contributed by atoms with E-state index < -0.39 is 12.1 Å². The lowest BCUT2D eigenvalue weighted by atomic mass is 10.2. The Morgan fingerprint density at radius 1 is 1.26 bits per heavy atom. The van der Waals surface area contributed by atoms with Crippen LogP contribution in [0.2, 0.25) is 0 Å². The van der Waals surface area contributed by atoms with Crippen LogP contribution in [-0.2, 0) is 14.3 Å². The molecule has 2 rings (SSSR count). The minimum absolute atomic E-state index is 0.0739. The van der Waals surface area contributed by atoms with Gasteiger partial charge in [-0.2, -0.15) is 0 Å². The quantitative estimate of drug-likeness (QED) is 0.755. The van der Waals surface area contributed by atoms with Gasteiger partial charge < -0.3 is 24.8 Å². The molecule has 0 aromatic carbocycles. The van der Waals surface area contributed by atoms with Gasteiger partial charge in [-0.25, -0.2) is 4.79 Å². The van der Waals surface area contributed by atoms with Crippen molar-refractivity contribution < 1.29 is 24.2 Å². The van der Waals surface area contributed by atoms with Crippen molar-refractivity contribution in [1.82, 2.24) is 10.2 Å². The van der Waals surface area contributed by atoms with Gasteiger partial charge in [-0.3, -0.25) is 4.79 Å². The second kappa shape index (κ2) is 6.72. The number of carboxylic acids is 1. The lowest BCUT2D eigenvalue weighted by molar-refractivity contribution is -0.141. The van der Waals surface area contributed by atoms with Crippen molar-refractivity contribution in [2.24, 2.45) is 0 Å². The van der Waals surface area contributed by atoms with Crippen LogP contribution in [0, 0.1) is 0 Å². The molecule has 0 aliphatic carbocycles. The van der Waals surface area contributed by atoms with Crippen LogP contribution in [0.3, 0.4) is 0 Å². The van der Waals surface area contributed by atoms with Crippen LogP contribution in [0.5, 0.6) is 0 Å². The molecule has 2 saturated heterocycles. The average Bonchev–Trinajstić information content (AvgIpc) is 2.88. The summed E-state index contributed by atoms with van der Waals surface area (Å²) in [4.78, 5) is 24.2. The van der Waals surface area contributed by atoms with Gasteiger partial charge in [-0.05, 0) is 12.8 Å². The number of ether oxygens (including phenoxy) is 2. The van der Waals surface area contributed by atoms with Gasteiger partial charge in [0.25, 0.3) is 0 Å². The molecule has 0 saturated carbocycles. The van der Waals surface area contributed by atoms with E-state index in [1.165, 1.54) is 0 Å². The topological polar surface area (TPSA) is 88.1 Å². The molecule has 2 atom stereocenters. The first kappa shape index (κ1) is 14.1. The van der Waals surface area contributed by atoms with Crippen molar-refractivity contribution in [3.63, 3.8) is 0 Å². The molecule has 0 aromatic heterocycles. The largest absolute Gasteiger partial charge is 0.481 e. The summed E-state index contributed by atoms with van der Waals surface area (Å²) in [5.74, 6) is -0.911. The number of nitrogens with zero attached hydrogens (tertiary/aromatic N) is 1. The highest BCUT2D eigenvalue weighted by Crippen LogP contribution is 2.12. The Morgan fingerprint density at radius 3 is 2.74 bits per heavy atom. The van der Waals surface area contributed by atoms with Crippen LogP contribution in [0.15, 0.2) is 0 Å². The number of carbonyl (C=O) groups is 2. The molecule has 2 heterocycles. The standard InChI is InChI=1S/C12H20N2O5/c15-11(16)6-10-8-14(3-5-19-10)12(17)13-7-9-2-1-4-18-9/h9-10H,1-8H2,(H,13,17)(H,15,16). The minimum atomic E-state index is -0.911. The molecule has 2 amide bonds. The third kappa shape index (κ3) is 4.36. The Labute approximate surface area is 111 Å². The Kier molecular flexibility index (Phi) is 4.98. The second-order valence-electron chi connectivity index (χ2n) is 4.86. The van der Waals surface area contributed by atoms with Crippen LogP contribution in [0.4, 0.5) is 4.79 Å². The van der Waals surface area contributed by atoms with E-state index >= 15 is 0 Å². The van der Waals surface area contributed by atoms with E-state index in [4.69, 9.17) is 14.6 Å². The molecule has 2 aliphatic rings. The highest BCUT2D eigenvalue weighted by molar-refractivity contribution is 5.74. The van der Waals surface area contributed by atoms with E-state index in [2.05, 4.69) is 5.32 Å². The van der Waals surface area contributed by atoms with Gasteiger partial charge in [-0.15, -0.1) is 0 Å². The molecule has 0 spiro atoms. The molecule has 2 unspecified atom stereocenters. The molecular weight excluding hydrogens is 252 g/mol. The normalized spacial score (nSPS) is 27.3. The van der Waals surface area contributed by atoms with Gasteiger partial charge in [0.1, 0.15) is 0 Å². The first-order valence-corrected chi connectivity index (χ1v) is 6.63. The number of carbonyl (C=O) groups excluding carboxylic acids is 1. The molecule has 2 N–H and O–H groups in total. The molecule has 0 radical (unpaired) electrons. The highest BCUT2D eigenvalue weighted by atomic mass is 16.5. The Balaban J connectivity index is 1.73. The summed E-state index contributed by atoms with van der Waals surface area (Å²) in [5.41, 5.74) is 0. The third-order valence-electron chi connectivity index (χ3n) is 3.33. The van der Waals surface area contributed by atoms with E-state index in [0.717, 1.165) is 19.4 Å². The van der Waals surface area contributed by atoms with Crippen molar-refractivity contribution in [2.45, 2.75) is 31.5 Å². The summed E-state index contributed by atoms with van der Waals surface area (Å²) in [5, 5.41) is 11.5. The highest BCUT2D eigenvalue weighted by Gasteiger charge is 2.26. The molecule has 108 valence electrons. The fourth-order valence-corrected chi connectivity index (χ4v) is 2.34. The SMILES string of the molecule is O=C(O)CC1CN(C(=O)NCC2CCCO2)CCO1. The van der Waals surface area contributed by atoms with Crippen molar-refractivity contribution >= 4 is 12.0 Å². The van der Waals surface area contributed by atoms with Crippen LogP contribution >= 0.6 is 0 Å². The number of carboxylic acid groups (broad SMARTS) is 1. The summed E-state index contributed by atoms with van der Waals surface area (Å²) in [6.07, 6.45) is 1.64. The first-order chi connectivity index (χ1) is 9.15. The molecule has 19 heavy (non-hydrogen) atoms. The maximum Gasteiger partial charge on any atom is 0.317 e. The van der Waals surface area contributed by atoms with E-state index in [-0.39, 0.29) is 18.6 Å². The third-order valence-corrected chi connectivity index (χ3v) is 3.33. The van der Waals surface area contributed by atoms with Crippen LogP contribution in [0.1, 0.15) is 19.3 Å². The molecular formula is C12H20N2O5. The number of nitrogens with one attached hydrogen (secondary N) is 1. The predicted molar refractivity (Wildman–Crippen MR) is 65.9 cm³/mol. The fraction of sp³-hybridized carbons (Fsp3) is 0.833. The lowest BCUT2D eigenvalue weighted by Gasteiger charge is -2.32. The Bertz CT molecular complexity index is 330. The van der Waals surface area contributed by atoms with Crippen LogP contribution < -0.4 is 5.32 Å². The van der Waals surface area contributed by atoms with E-state index in [1.54, 1.807) is 4.90 Å². The number of urea groups is 1. The molecule has 0 aromatic rings. The maximum atomic E-state index is 11.9. The summed E-state index contributed by atoms with van der Waals surface area (Å²) < 4.78 is 10.7. The summed E-state index contributed by atoms with van der Waals surface area (Å²) in [7, 11) is 0. The number of amides is 2. The minimum Gasteiger partial charge on any atom is -0.481 e. The van der Waals surface area contributed by atoms with Crippen molar-refractivity contribution in [3.8, 4) is 0 Å². The first-order valence-electron chi connectivity index (χ1n) is 6.63. The number of hydrogen-bond donors (Lipinski definition) is 2. The molecule has 0 bridgehead atoms. The monoisotopic (exact) mass is 272 g/mol. The summed E-state index contributed by atoms with van der Waals surface area (Å²) in [6.45, 7) is 2.47. The Morgan fingerprint density at radius 2 is 2.05 bits per heavy atom. The zero-order valence-electron chi connectivity index (χ0n) is 10.8. The predicted octanol–water partition coefficient (Wildman–Crippen LogP) is 0.0505. The van der Waals surface area contributed by atoms with Gasteiger partial charge in [0, 0.05) is 26.2 Å². The lowest BCUT2D eigenvalue weighted by Crippen LogP contribution is -2.51. The summed E-state index contributed by atoms with van der Waals surface area (Å²) >= 11 is 0. The maximum absolute atomic E-state index is 11.9. The molecule has 2 fully saturated rings. The van der Waals surface area contributed by atoms with Crippen molar-refractivity contribution in [3.05, 3.63) is 0 Å². The number of hydrogen-bond acceptors (Lipinski definition) is 4. The van der Waals surface area contributed by atoms with E-state index in [0.29, 0.717) is 26.2 Å². The van der Waals surface area contributed by atoms with Gasteiger partial charge in [0.15, 0.2) is 0 Å². The fourth-order valence-electron chi connectivity index (χ4n) is 2.34. The number of aliphatic carboxylic acids is 1. The van der Waals surface area contributed by atoms with Crippen LogP contribution in [-0.4, -0.2) is 67.1 Å². The van der Waals surface area contributed by atoms with Crippen LogP contribution in [0.25, 0.3) is 0 Å². The molecule has 2 aliphatic heterocycles. The Hall–Kier alpha value is -1.34. The van der Waals surface area contributed by atoms with Gasteiger partial charge in [-0.1, -0.05) is 0 Å². The second-order valence-corrected chi connectivity index (χ2v) is 4.86. The van der Waals surface area contributed by atoms with Crippen molar-refractivity contribution in [2.75, 3.05) is 32.8 Å². The van der Waals surface area contributed by atoms with E-state index in [1.807, 2.05) is 0 Å². The molecule has 7 heteroatoms. The van der Waals surface area contributed by atoms with Crippen molar-refractivity contribution in [1.29, 1.82) is 0 Å². The number of rotatable bonds is 4. The smallest absolute Gasteiger partial charge is 0.317 e.